The SMILES string of the molecule is CSN1CC(c2cc(Nc3ccccn3)nc(N3CCC(F)(F)C3)c2)C1. The molecule has 4 rings (SSSR count). The number of aromatic nitrogens is 2. The number of halogens is 2. The van der Waals surface area contributed by atoms with E-state index in [1.807, 2.05) is 30.3 Å². The lowest BCUT2D eigenvalue weighted by molar-refractivity contribution is 0.0256. The molecule has 2 saturated heterocycles. The Morgan fingerprint density at radius 1 is 1.23 bits per heavy atom. The van der Waals surface area contributed by atoms with E-state index < -0.39 is 5.92 Å². The molecule has 1 N–H and O–H groups in total. The number of hydrogen-bond donors (Lipinski definition) is 1. The van der Waals surface area contributed by atoms with E-state index in [1.54, 1.807) is 23.0 Å². The summed E-state index contributed by atoms with van der Waals surface area (Å²) in [5.41, 5.74) is 1.13. The van der Waals surface area contributed by atoms with Gasteiger partial charge in [-0.2, -0.15) is 0 Å². The van der Waals surface area contributed by atoms with E-state index >= 15 is 0 Å². The van der Waals surface area contributed by atoms with Crippen molar-refractivity contribution in [1.29, 1.82) is 0 Å². The van der Waals surface area contributed by atoms with Gasteiger partial charge in [0.15, 0.2) is 0 Å². The minimum Gasteiger partial charge on any atom is -0.350 e. The third-order valence-corrected chi connectivity index (χ3v) is 5.64. The highest BCUT2D eigenvalue weighted by Gasteiger charge is 2.39. The summed E-state index contributed by atoms with van der Waals surface area (Å²) in [5.74, 6) is -0.293. The Morgan fingerprint density at radius 2 is 2.08 bits per heavy atom. The number of pyridine rings is 2. The first-order valence-electron chi connectivity index (χ1n) is 8.64. The molecular weight excluding hydrogens is 356 g/mol. The lowest BCUT2D eigenvalue weighted by Crippen LogP contribution is -2.39. The van der Waals surface area contributed by atoms with E-state index in [2.05, 4.69) is 25.8 Å². The van der Waals surface area contributed by atoms with Crippen LogP contribution in [0.25, 0.3) is 0 Å². The molecule has 0 amide bonds. The van der Waals surface area contributed by atoms with Crippen LogP contribution in [0.5, 0.6) is 0 Å². The van der Waals surface area contributed by atoms with E-state index in [1.165, 1.54) is 0 Å². The number of anilines is 3. The molecule has 5 nitrogen and oxygen atoms in total. The molecule has 0 aromatic carbocycles. The van der Waals surface area contributed by atoms with E-state index in [-0.39, 0.29) is 13.0 Å². The van der Waals surface area contributed by atoms with Gasteiger partial charge in [-0.05, 0) is 36.1 Å². The second kappa shape index (κ2) is 7.00. The second-order valence-electron chi connectivity index (χ2n) is 6.74. The number of nitrogens with zero attached hydrogens (tertiary/aromatic N) is 4. The Bertz CT molecular complexity index is 767. The lowest BCUT2D eigenvalue weighted by atomic mass is 9.94. The number of hydrogen-bond acceptors (Lipinski definition) is 6. The average Bonchev–Trinajstić information content (AvgIpc) is 2.95. The van der Waals surface area contributed by atoms with Crippen LogP contribution in [0, 0.1) is 0 Å². The normalized spacial score (nSPS) is 20.2. The van der Waals surface area contributed by atoms with E-state index in [0.29, 0.717) is 29.9 Å². The van der Waals surface area contributed by atoms with Crippen LogP contribution in [-0.2, 0) is 0 Å². The van der Waals surface area contributed by atoms with Gasteiger partial charge in [0, 0.05) is 38.2 Å². The van der Waals surface area contributed by atoms with Crippen molar-refractivity contribution in [2.24, 2.45) is 0 Å². The van der Waals surface area contributed by atoms with Gasteiger partial charge >= 0.3 is 0 Å². The maximum absolute atomic E-state index is 13.7. The molecule has 4 heterocycles. The van der Waals surface area contributed by atoms with Gasteiger partial charge in [0.25, 0.3) is 5.92 Å². The molecule has 0 atom stereocenters. The van der Waals surface area contributed by atoms with Crippen LogP contribution >= 0.6 is 11.9 Å². The van der Waals surface area contributed by atoms with Gasteiger partial charge in [-0.25, -0.2) is 23.1 Å². The number of rotatable bonds is 5. The minimum absolute atomic E-state index is 0.119. The summed E-state index contributed by atoms with van der Waals surface area (Å²) in [5, 5.41) is 3.20. The van der Waals surface area contributed by atoms with Gasteiger partial charge < -0.3 is 10.2 Å². The van der Waals surface area contributed by atoms with Crippen LogP contribution in [0.1, 0.15) is 17.9 Å². The summed E-state index contributed by atoms with van der Waals surface area (Å²) < 4.78 is 29.6. The van der Waals surface area contributed by atoms with Crippen LogP contribution in [0.15, 0.2) is 36.5 Å². The molecule has 2 aliphatic rings. The molecule has 2 aromatic rings. The van der Waals surface area contributed by atoms with Gasteiger partial charge in [-0.15, -0.1) is 0 Å². The van der Waals surface area contributed by atoms with E-state index in [9.17, 15) is 8.78 Å². The third-order valence-electron chi connectivity index (χ3n) is 4.83. The van der Waals surface area contributed by atoms with Crippen molar-refractivity contribution in [1.82, 2.24) is 14.3 Å². The number of alkyl halides is 2. The molecule has 0 aliphatic carbocycles. The Balaban J connectivity index is 1.61. The first-order valence-corrected chi connectivity index (χ1v) is 9.82. The largest absolute Gasteiger partial charge is 0.350 e. The van der Waals surface area contributed by atoms with Gasteiger partial charge in [0.2, 0.25) is 0 Å². The fourth-order valence-electron chi connectivity index (χ4n) is 3.30. The maximum atomic E-state index is 13.7. The van der Waals surface area contributed by atoms with Gasteiger partial charge in [-0.3, -0.25) is 0 Å². The van der Waals surface area contributed by atoms with Crippen LogP contribution in [0.4, 0.5) is 26.2 Å². The van der Waals surface area contributed by atoms with Crippen molar-refractivity contribution in [2.75, 3.05) is 42.7 Å². The lowest BCUT2D eigenvalue weighted by Gasteiger charge is -2.38. The molecular formula is C18H21F2N5S. The standard InChI is InChI=1S/C18H21F2N5S/c1-26-25-10-14(11-25)13-8-16(22-15-4-2-3-6-21-15)23-17(9-13)24-7-5-18(19,20)12-24/h2-4,6,8-9,14H,5,7,10-12H2,1H3,(H,21,22,23). The van der Waals surface area contributed by atoms with Crippen LogP contribution < -0.4 is 10.2 Å². The van der Waals surface area contributed by atoms with Crippen LogP contribution in [0.2, 0.25) is 0 Å². The summed E-state index contributed by atoms with van der Waals surface area (Å²) in [4.78, 5) is 10.5. The molecule has 2 aliphatic heterocycles. The van der Waals surface area contributed by atoms with Gasteiger partial charge in [0.1, 0.15) is 17.5 Å². The predicted molar refractivity (Wildman–Crippen MR) is 101 cm³/mol. The smallest absolute Gasteiger partial charge is 0.266 e. The predicted octanol–water partition coefficient (Wildman–Crippen LogP) is 3.74. The monoisotopic (exact) mass is 377 g/mol. The molecule has 138 valence electrons. The first-order chi connectivity index (χ1) is 12.5. The van der Waals surface area contributed by atoms with Crippen molar-refractivity contribution < 1.29 is 8.78 Å². The molecule has 8 heteroatoms. The Labute approximate surface area is 155 Å². The highest BCUT2D eigenvalue weighted by molar-refractivity contribution is 7.96. The maximum Gasteiger partial charge on any atom is 0.266 e. The molecule has 0 spiro atoms. The Kier molecular flexibility index (Phi) is 4.71. The number of nitrogens with one attached hydrogen (secondary N) is 1. The Morgan fingerprint density at radius 3 is 2.73 bits per heavy atom. The van der Waals surface area contributed by atoms with Crippen molar-refractivity contribution in [3.63, 3.8) is 0 Å². The highest BCUT2D eigenvalue weighted by Crippen LogP contribution is 2.36. The highest BCUT2D eigenvalue weighted by atomic mass is 32.2. The van der Waals surface area contributed by atoms with Crippen molar-refractivity contribution in [2.45, 2.75) is 18.3 Å². The summed E-state index contributed by atoms with van der Waals surface area (Å²) in [6.07, 6.45) is 3.65. The zero-order valence-corrected chi connectivity index (χ0v) is 15.3. The average molecular weight is 377 g/mol. The third kappa shape index (κ3) is 3.76. The molecule has 0 saturated carbocycles. The quantitative estimate of drug-likeness (QED) is 0.801. The summed E-state index contributed by atoms with van der Waals surface area (Å²) in [6.45, 7) is 1.98. The fourth-order valence-corrected chi connectivity index (χ4v) is 3.95. The summed E-state index contributed by atoms with van der Waals surface area (Å²) >= 11 is 1.73. The zero-order chi connectivity index (χ0) is 18.1. The Hall–Kier alpha value is -1.93. The van der Waals surface area contributed by atoms with E-state index in [0.717, 1.165) is 18.7 Å². The minimum atomic E-state index is -2.64. The summed E-state index contributed by atoms with van der Waals surface area (Å²) in [6, 6.07) is 9.57. The van der Waals surface area contributed by atoms with Gasteiger partial charge in [-0.1, -0.05) is 18.0 Å². The molecule has 0 unspecified atom stereocenters. The molecule has 2 aromatic heterocycles. The van der Waals surface area contributed by atoms with E-state index in [4.69, 9.17) is 0 Å². The molecule has 0 bridgehead atoms. The topological polar surface area (TPSA) is 44.3 Å². The fraction of sp³-hybridized carbons (Fsp3) is 0.444. The molecule has 26 heavy (non-hydrogen) atoms. The van der Waals surface area contributed by atoms with Crippen molar-refractivity contribution >= 4 is 29.4 Å². The molecule has 0 radical (unpaired) electrons. The second-order valence-corrected chi connectivity index (χ2v) is 7.62. The first kappa shape index (κ1) is 17.5. The molecule has 2 fully saturated rings. The summed E-state index contributed by atoms with van der Waals surface area (Å²) in [7, 11) is 0. The van der Waals surface area contributed by atoms with Crippen molar-refractivity contribution in [3.05, 3.63) is 42.1 Å². The van der Waals surface area contributed by atoms with Crippen LogP contribution in [0.3, 0.4) is 0 Å². The zero-order valence-electron chi connectivity index (χ0n) is 14.5. The van der Waals surface area contributed by atoms with Crippen molar-refractivity contribution in [3.8, 4) is 0 Å². The van der Waals surface area contributed by atoms with Crippen LogP contribution in [-0.4, -0.2) is 52.6 Å². The van der Waals surface area contributed by atoms with Gasteiger partial charge in [0.05, 0.1) is 6.54 Å².